The van der Waals surface area contributed by atoms with Gasteiger partial charge in [-0.15, -0.1) is 0 Å². The quantitative estimate of drug-likeness (QED) is 0.457. The van der Waals surface area contributed by atoms with Gasteiger partial charge in [0.05, 0.1) is 5.57 Å². The van der Waals surface area contributed by atoms with Gasteiger partial charge in [-0.3, -0.25) is 0 Å². The van der Waals surface area contributed by atoms with E-state index in [4.69, 9.17) is 4.74 Å². The maximum Gasteiger partial charge on any atom is 0.338 e. The van der Waals surface area contributed by atoms with Crippen LogP contribution in [-0.2, 0) is 16.1 Å². The molecule has 1 unspecified atom stereocenters. The lowest BCUT2D eigenvalue weighted by atomic mass is 9.89. The van der Waals surface area contributed by atoms with Crippen LogP contribution >= 0.6 is 0 Å². The zero-order valence-corrected chi connectivity index (χ0v) is 18.4. The second kappa shape index (κ2) is 8.70. The molecule has 0 fully saturated rings. The van der Waals surface area contributed by atoms with Crippen molar-refractivity contribution < 1.29 is 9.53 Å². The largest absolute Gasteiger partial charge is 0.457 e. The number of nitrogens with one attached hydrogen (secondary N) is 1. The zero-order valence-electron chi connectivity index (χ0n) is 18.4. The number of aromatic nitrogens is 4. The summed E-state index contributed by atoms with van der Waals surface area (Å²) in [6.07, 6.45) is 0. The molecule has 1 aromatic heterocycles. The summed E-state index contributed by atoms with van der Waals surface area (Å²) in [4.78, 5) is 13.4. The molecule has 4 aromatic rings. The lowest BCUT2D eigenvalue weighted by Crippen LogP contribution is -2.30. The Kier molecular flexibility index (Phi) is 5.44. The van der Waals surface area contributed by atoms with E-state index in [-0.39, 0.29) is 6.61 Å². The Bertz CT molecular complexity index is 1340. The van der Waals surface area contributed by atoms with Crippen molar-refractivity contribution in [3.8, 4) is 11.1 Å². The number of rotatable bonds is 5. The van der Waals surface area contributed by atoms with Crippen LogP contribution in [0.15, 0.2) is 90.1 Å². The number of hydrogen-bond donors (Lipinski definition) is 1. The molecule has 3 aromatic carbocycles. The summed E-state index contributed by atoms with van der Waals surface area (Å²) in [5.41, 5.74) is 6.22. The van der Waals surface area contributed by atoms with Gasteiger partial charge in [-0.25, -0.2) is 4.79 Å². The van der Waals surface area contributed by atoms with E-state index in [2.05, 4.69) is 52.0 Å². The van der Waals surface area contributed by atoms with Crippen LogP contribution in [0.2, 0.25) is 0 Å². The number of carbonyl (C=O) groups is 1. The first kappa shape index (κ1) is 20.6. The van der Waals surface area contributed by atoms with Gasteiger partial charge in [-0.2, -0.15) is 4.68 Å². The van der Waals surface area contributed by atoms with Crippen LogP contribution in [0.3, 0.4) is 0 Å². The van der Waals surface area contributed by atoms with E-state index in [0.717, 1.165) is 27.8 Å². The van der Waals surface area contributed by atoms with Gasteiger partial charge in [0.2, 0.25) is 5.95 Å². The molecular weight excluding hydrogens is 414 g/mol. The molecule has 0 spiro atoms. The summed E-state index contributed by atoms with van der Waals surface area (Å²) in [7, 11) is 0. The third-order valence-corrected chi connectivity index (χ3v) is 5.73. The van der Waals surface area contributed by atoms with Crippen molar-refractivity contribution in [2.45, 2.75) is 26.5 Å². The van der Waals surface area contributed by atoms with E-state index in [1.807, 2.05) is 61.5 Å². The molecule has 1 aliphatic heterocycles. The minimum atomic E-state index is -0.531. The van der Waals surface area contributed by atoms with Crippen molar-refractivity contribution >= 4 is 11.9 Å². The highest BCUT2D eigenvalue weighted by Gasteiger charge is 2.36. The van der Waals surface area contributed by atoms with Gasteiger partial charge in [0.15, 0.2) is 0 Å². The Labute approximate surface area is 191 Å². The topological polar surface area (TPSA) is 81.9 Å². The summed E-state index contributed by atoms with van der Waals surface area (Å²) in [5, 5.41) is 15.3. The molecule has 0 aliphatic carbocycles. The van der Waals surface area contributed by atoms with Crippen LogP contribution < -0.4 is 5.32 Å². The van der Waals surface area contributed by atoms with Crippen LogP contribution in [0.25, 0.3) is 11.1 Å². The molecule has 2 heterocycles. The van der Waals surface area contributed by atoms with Gasteiger partial charge in [-0.1, -0.05) is 89.5 Å². The maximum atomic E-state index is 13.4. The smallest absolute Gasteiger partial charge is 0.338 e. The predicted molar refractivity (Wildman–Crippen MR) is 125 cm³/mol. The second-order valence-corrected chi connectivity index (χ2v) is 8.03. The number of allylic oxidation sites excluding steroid dienone is 1. The number of hydrogen-bond acceptors (Lipinski definition) is 6. The fourth-order valence-corrected chi connectivity index (χ4v) is 4.18. The molecule has 33 heavy (non-hydrogen) atoms. The molecule has 0 saturated carbocycles. The van der Waals surface area contributed by atoms with Gasteiger partial charge in [0.1, 0.15) is 12.6 Å². The molecule has 0 saturated heterocycles. The number of esters is 1. The zero-order chi connectivity index (χ0) is 22.8. The Hall–Kier alpha value is -4.26. The molecule has 7 nitrogen and oxygen atoms in total. The van der Waals surface area contributed by atoms with E-state index in [1.165, 1.54) is 0 Å². The average Bonchev–Trinajstić information content (AvgIpc) is 3.30. The second-order valence-electron chi connectivity index (χ2n) is 8.03. The molecule has 7 heteroatoms. The number of nitrogens with zero attached hydrogens (tertiary/aromatic N) is 4. The highest BCUT2D eigenvalue weighted by molar-refractivity contribution is 5.93. The molecule has 5 rings (SSSR count). The molecule has 1 atom stereocenters. The lowest BCUT2D eigenvalue weighted by molar-refractivity contribution is -0.140. The number of fused-ring (bicyclic) bond motifs is 1. The van der Waals surface area contributed by atoms with E-state index < -0.39 is 12.0 Å². The first-order valence-electron chi connectivity index (χ1n) is 10.7. The van der Waals surface area contributed by atoms with Crippen molar-refractivity contribution in [2.75, 3.05) is 5.32 Å². The predicted octanol–water partition coefficient (Wildman–Crippen LogP) is 4.68. The van der Waals surface area contributed by atoms with Crippen molar-refractivity contribution in [1.29, 1.82) is 0 Å². The molecule has 0 radical (unpaired) electrons. The summed E-state index contributed by atoms with van der Waals surface area (Å²) in [6, 6.07) is 25.4. The van der Waals surface area contributed by atoms with E-state index in [0.29, 0.717) is 17.2 Å². The van der Waals surface area contributed by atoms with Gasteiger partial charge in [0.25, 0.3) is 0 Å². The SMILES string of the molecule is CC1=C(C(=O)OCc2ccccc2)C(c2ccccc2-c2cccc(C)c2)n2nnnc2N1. The van der Waals surface area contributed by atoms with Crippen molar-refractivity contribution in [1.82, 2.24) is 20.2 Å². The van der Waals surface area contributed by atoms with E-state index in [1.54, 1.807) is 4.68 Å². The minimum absolute atomic E-state index is 0.186. The fourth-order valence-electron chi connectivity index (χ4n) is 4.18. The first-order valence-corrected chi connectivity index (χ1v) is 10.7. The van der Waals surface area contributed by atoms with Crippen LogP contribution in [0.1, 0.15) is 29.7 Å². The van der Waals surface area contributed by atoms with E-state index >= 15 is 0 Å². The third kappa shape index (κ3) is 4.01. The molecule has 0 bridgehead atoms. The van der Waals surface area contributed by atoms with Crippen molar-refractivity contribution in [3.05, 3.63) is 107 Å². The molecular formula is C26H23N5O2. The summed E-state index contributed by atoms with van der Waals surface area (Å²) in [5.74, 6) is 0.0743. The monoisotopic (exact) mass is 437 g/mol. The van der Waals surface area contributed by atoms with Crippen LogP contribution in [0.4, 0.5) is 5.95 Å². The molecule has 1 aliphatic rings. The highest BCUT2D eigenvalue weighted by Crippen LogP contribution is 2.39. The van der Waals surface area contributed by atoms with Crippen LogP contribution in [0, 0.1) is 6.92 Å². The highest BCUT2D eigenvalue weighted by atomic mass is 16.5. The summed E-state index contributed by atoms with van der Waals surface area (Å²) in [6.45, 7) is 4.09. The Balaban J connectivity index is 1.58. The fraction of sp³-hybridized carbons (Fsp3) is 0.154. The summed E-state index contributed by atoms with van der Waals surface area (Å²) >= 11 is 0. The normalized spacial score (nSPS) is 15.0. The van der Waals surface area contributed by atoms with Gasteiger partial charge < -0.3 is 10.1 Å². The third-order valence-electron chi connectivity index (χ3n) is 5.73. The molecule has 1 N–H and O–H groups in total. The average molecular weight is 438 g/mol. The molecule has 164 valence electrons. The van der Waals surface area contributed by atoms with Gasteiger partial charge in [0, 0.05) is 5.70 Å². The molecule has 0 amide bonds. The Morgan fingerprint density at radius 2 is 1.79 bits per heavy atom. The van der Waals surface area contributed by atoms with Crippen molar-refractivity contribution in [3.63, 3.8) is 0 Å². The Morgan fingerprint density at radius 3 is 2.61 bits per heavy atom. The van der Waals surface area contributed by atoms with Crippen molar-refractivity contribution in [2.24, 2.45) is 0 Å². The minimum Gasteiger partial charge on any atom is -0.457 e. The lowest BCUT2D eigenvalue weighted by Gasteiger charge is -2.29. The summed E-state index contributed by atoms with van der Waals surface area (Å²) < 4.78 is 7.37. The standard InChI is InChI=1S/C26H23N5O2/c1-17-9-8-12-20(15-17)21-13-6-7-14-22(21)24-23(18(2)27-26-28-29-30-31(24)26)25(32)33-16-19-10-4-3-5-11-19/h3-15,24H,16H2,1-2H3,(H,27,28,30). The van der Waals surface area contributed by atoms with E-state index in [9.17, 15) is 4.79 Å². The number of tetrazole rings is 1. The number of aryl methyl sites for hydroxylation is 1. The van der Waals surface area contributed by atoms with Gasteiger partial charge >= 0.3 is 5.97 Å². The number of ether oxygens (including phenoxy) is 1. The Morgan fingerprint density at radius 1 is 1.00 bits per heavy atom. The number of carbonyl (C=O) groups excluding carboxylic acids is 1. The maximum absolute atomic E-state index is 13.4. The van der Waals surface area contributed by atoms with Gasteiger partial charge in [-0.05, 0) is 46.5 Å². The first-order chi connectivity index (χ1) is 16.1. The van der Waals surface area contributed by atoms with Crippen LogP contribution in [0.5, 0.6) is 0 Å². The van der Waals surface area contributed by atoms with Crippen LogP contribution in [-0.4, -0.2) is 26.2 Å². The number of anilines is 1. The number of benzene rings is 3.